The Hall–Kier alpha value is -1.19. The molecule has 3 heteroatoms. The van der Waals surface area contributed by atoms with Crippen LogP contribution in [0.4, 0.5) is 0 Å². The van der Waals surface area contributed by atoms with E-state index in [2.05, 4.69) is 63.5 Å². The fourth-order valence-electron chi connectivity index (χ4n) is 2.01. The molecule has 1 atom stereocenters. The normalized spacial score (nSPS) is 12.4. The Morgan fingerprint density at radius 3 is 2.56 bits per heavy atom. The van der Waals surface area contributed by atoms with E-state index in [-0.39, 0.29) is 0 Å². The summed E-state index contributed by atoms with van der Waals surface area (Å²) in [6.45, 7) is 2.07. The van der Waals surface area contributed by atoms with Crippen LogP contribution in [0.2, 0.25) is 0 Å². The van der Waals surface area contributed by atoms with Crippen molar-refractivity contribution in [3.63, 3.8) is 0 Å². The van der Waals surface area contributed by atoms with Crippen LogP contribution in [0.15, 0.2) is 47.2 Å². The second kappa shape index (κ2) is 6.12. The molecule has 0 spiro atoms. The van der Waals surface area contributed by atoms with Crippen molar-refractivity contribution >= 4 is 15.9 Å². The zero-order valence-electron chi connectivity index (χ0n) is 10.7. The van der Waals surface area contributed by atoms with E-state index in [0.29, 0.717) is 6.04 Å². The van der Waals surface area contributed by atoms with E-state index >= 15 is 0 Å². The summed E-state index contributed by atoms with van der Waals surface area (Å²) in [7, 11) is 1.99. The van der Waals surface area contributed by atoms with Crippen molar-refractivity contribution in [3.05, 3.63) is 63.9 Å². The summed E-state index contributed by atoms with van der Waals surface area (Å²) in [4.78, 5) is 4.26. The Morgan fingerprint density at radius 2 is 1.94 bits per heavy atom. The topological polar surface area (TPSA) is 24.9 Å². The van der Waals surface area contributed by atoms with Crippen molar-refractivity contribution < 1.29 is 0 Å². The number of aryl methyl sites for hydroxylation is 1. The van der Waals surface area contributed by atoms with Gasteiger partial charge in [-0.15, -0.1) is 0 Å². The van der Waals surface area contributed by atoms with Gasteiger partial charge in [-0.25, -0.2) is 0 Å². The van der Waals surface area contributed by atoms with Gasteiger partial charge in [-0.1, -0.05) is 34.1 Å². The van der Waals surface area contributed by atoms with Crippen LogP contribution >= 0.6 is 15.9 Å². The Kier molecular flexibility index (Phi) is 4.50. The third-order valence-electron chi connectivity index (χ3n) is 3.00. The van der Waals surface area contributed by atoms with Crippen LogP contribution < -0.4 is 5.32 Å². The fourth-order valence-corrected chi connectivity index (χ4v) is 2.28. The molecule has 2 aromatic rings. The highest BCUT2D eigenvalue weighted by atomic mass is 79.9. The standard InChI is InChI=1S/C15H17BrN2/c1-11-7-13(10-18-9-11)15(17-2)8-12-3-5-14(16)6-4-12/h3-7,9-10,15,17H,8H2,1-2H3. The van der Waals surface area contributed by atoms with Crippen LogP contribution in [0.3, 0.4) is 0 Å². The van der Waals surface area contributed by atoms with E-state index in [1.807, 2.05) is 19.4 Å². The van der Waals surface area contributed by atoms with Crippen molar-refractivity contribution in [2.24, 2.45) is 0 Å². The first kappa shape index (κ1) is 13.2. The van der Waals surface area contributed by atoms with Crippen LogP contribution in [-0.4, -0.2) is 12.0 Å². The van der Waals surface area contributed by atoms with E-state index in [4.69, 9.17) is 0 Å². The van der Waals surface area contributed by atoms with Gasteiger partial charge < -0.3 is 5.32 Å². The quantitative estimate of drug-likeness (QED) is 0.932. The van der Waals surface area contributed by atoms with E-state index < -0.39 is 0 Å². The number of hydrogen-bond donors (Lipinski definition) is 1. The minimum absolute atomic E-state index is 0.304. The van der Waals surface area contributed by atoms with Crippen LogP contribution in [0.1, 0.15) is 22.7 Å². The van der Waals surface area contributed by atoms with Crippen molar-refractivity contribution in [1.82, 2.24) is 10.3 Å². The number of halogens is 1. The second-order valence-electron chi connectivity index (χ2n) is 4.47. The predicted molar refractivity (Wildman–Crippen MR) is 78.6 cm³/mol. The van der Waals surface area contributed by atoms with Gasteiger partial charge in [0.25, 0.3) is 0 Å². The molecule has 0 saturated heterocycles. The molecule has 1 unspecified atom stereocenters. The summed E-state index contributed by atoms with van der Waals surface area (Å²) >= 11 is 3.46. The molecule has 1 aromatic heterocycles. The molecule has 0 fully saturated rings. The van der Waals surface area contributed by atoms with Gasteiger partial charge in [-0.05, 0) is 49.2 Å². The maximum absolute atomic E-state index is 4.26. The average molecular weight is 305 g/mol. The largest absolute Gasteiger partial charge is 0.313 e. The predicted octanol–water partition coefficient (Wildman–Crippen LogP) is 3.66. The van der Waals surface area contributed by atoms with Crippen molar-refractivity contribution in [2.75, 3.05) is 7.05 Å². The van der Waals surface area contributed by atoms with Gasteiger partial charge in [0.05, 0.1) is 0 Å². The summed E-state index contributed by atoms with van der Waals surface area (Å²) in [6, 6.07) is 11.0. The number of hydrogen-bond acceptors (Lipinski definition) is 2. The minimum atomic E-state index is 0.304. The molecule has 0 aliphatic rings. The number of pyridine rings is 1. The summed E-state index contributed by atoms with van der Waals surface area (Å²) in [6.07, 6.45) is 4.79. The van der Waals surface area contributed by atoms with Crippen LogP contribution in [0, 0.1) is 6.92 Å². The van der Waals surface area contributed by atoms with Gasteiger partial charge in [-0.2, -0.15) is 0 Å². The van der Waals surface area contributed by atoms with E-state index in [1.165, 1.54) is 16.7 Å². The third kappa shape index (κ3) is 3.40. The van der Waals surface area contributed by atoms with Gasteiger partial charge in [0.1, 0.15) is 0 Å². The number of benzene rings is 1. The zero-order valence-corrected chi connectivity index (χ0v) is 12.2. The monoisotopic (exact) mass is 304 g/mol. The highest BCUT2D eigenvalue weighted by Gasteiger charge is 2.10. The smallest absolute Gasteiger partial charge is 0.0373 e. The van der Waals surface area contributed by atoms with Crippen LogP contribution in [0.25, 0.3) is 0 Å². The molecule has 0 bridgehead atoms. The Balaban J connectivity index is 2.17. The van der Waals surface area contributed by atoms with E-state index in [9.17, 15) is 0 Å². The molecule has 94 valence electrons. The lowest BCUT2D eigenvalue weighted by molar-refractivity contribution is 0.589. The number of rotatable bonds is 4. The first-order valence-corrected chi connectivity index (χ1v) is 6.81. The number of aromatic nitrogens is 1. The lowest BCUT2D eigenvalue weighted by Gasteiger charge is -2.17. The third-order valence-corrected chi connectivity index (χ3v) is 3.53. The van der Waals surface area contributed by atoms with Crippen molar-refractivity contribution in [3.8, 4) is 0 Å². The maximum Gasteiger partial charge on any atom is 0.0373 e. The highest BCUT2D eigenvalue weighted by molar-refractivity contribution is 9.10. The van der Waals surface area contributed by atoms with Gasteiger partial charge in [0.2, 0.25) is 0 Å². The second-order valence-corrected chi connectivity index (χ2v) is 5.38. The van der Waals surface area contributed by atoms with E-state index in [0.717, 1.165) is 10.9 Å². The van der Waals surface area contributed by atoms with Crippen LogP contribution in [-0.2, 0) is 6.42 Å². The molecule has 1 N–H and O–H groups in total. The molecule has 2 nitrogen and oxygen atoms in total. The molecule has 0 aliphatic heterocycles. The van der Waals surface area contributed by atoms with Gasteiger partial charge in [0, 0.05) is 22.9 Å². The van der Waals surface area contributed by atoms with Crippen molar-refractivity contribution in [1.29, 1.82) is 0 Å². The fraction of sp³-hybridized carbons (Fsp3) is 0.267. The SMILES string of the molecule is CNC(Cc1ccc(Br)cc1)c1cncc(C)c1. The minimum Gasteiger partial charge on any atom is -0.313 e. The Labute approximate surface area is 117 Å². The van der Waals surface area contributed by atoms with Crippen molar-refractivity contribution in [2.45, 2.75) is 19.4 Å². The summed E-state index contributed by atoms with van der Waals surface area (Å²) in [5, 5.41) is 3.36. The molecule has 0 amide bonds. The molecule has 0 saturated carbocycles. The van der Waals surface area contributed by atoms with Crippen LogP contribution in [0.5, 0.6) is 0 Å². The number of nitrogens with one attached hydrogen (secondary N) is 1. The summed E-state index contributed by atoms with van der Waals surface area (Å²) < 4.78 is 1.12. The molecule has 18 heavy (non-hydrogen) atoms. The van der Waals surface area contributed by atoms with Gasteiger partial charge in [-0.3, -0.25) is 4.98 Å². The molecule has 0 aliphatic carbocycles. The lowest BCUT2D eigenvalue weighted by Crippen LogP contribution is -2.19. The average Bonchev–Trinajstić information content (AvgIpc) is 2.38. The number of nitrogens with zero attached hydrogens (tertiary/aromatic N) is 1. The van der Waals surface area contributed by atoms with Gasteiger partial charge in [0.15, 0.2) is 0 Å². The first-order valence-electron chi connectivity index (χ1n) is 6.02. The summed E-state index contributed by atoms with van der Waals surface area (Å²) in [5.74, 6) is 0. The van der Waals surface area contributed by atoms with Gasteiger partial charge >= 0.3 is 0 Å². The molecule has 2 rings (SSSR count). The Bertz CT molecular complexity index is 508. The van der Waals surface area contributed by atoms with E-state index in [1.54, 1.807) is 0 Å². The lowest BCUT2D eigenvalue weighted by atomic mass is 9.99. The highest BCUT2D eigenvalue weighted by Crippen LogP contribution is 2.19. The Morgan fingerprint density at radius 1 is 1.22 bits per heavy atom. The number of likely N-dealkylation sites (N-methyl/N-ethyl adjacent to an activating group) is 1. The molecule has 1 heterocycles. The zero-order chi connectivity index (χ0) is 13.0. The maximum atomic E-state index is 4.26. The molecule has 1 aromatic carbocycles. The molecular formula is C15H17BrN2. The molecule has 0 radical (unpaired) electrons. The first-order chi connectivity index (χ1) is 8.69. The molecular weight excluding hydrogens is 288 g/mol. The summed E-state index contributed by atoms with van der Waals surface area (Å²) in [5.41, 5.74) is 3.75.